The first kappa shape index (κ1) is 23.1. The van der Waals surface area contributed by atoms with Crippen LogP contribution in [0.3, 0.4) is 0 Å². The topological polar surface area (TPSA) is 13.1 Å². The van der Waals surface area contributed by atoms with Crippen LogP contribution in [0, 0.1) is 12.1 Å². The lowest BCUT2D eigenvalue weighted by Gasteiger charge is -2.15. The summed E-state index contributed by atoms with van der Waals surface area (Å²) in [5.74, 6) is 1.87. The Morgan fingerprint density at radius 3 is 2.00 bits per heavy atom. The van der Waals surface area contributed by atoms with Crippen LogP contribution < -0.4 is 0 Å². The van der Waals surface area contributed by atoms with Crippen molar-refractivity contribution in [3.05, 3.63) is 151 Å². The maximum Gasteiger partial charge on any atom is 0.142 e. The molecule has 0 atom stereocenters. The number of furan rings is 1. The van der Waals surface area contributed by atoms with Crippen LogP contribution in [0.4, 0.5) is 0 Å². The van der Waals surface area contributed by atoms with Gasteiger partial charge in [-0.05, 0) is 47.2 Å². The molecule has 0 unspecified atom stereocenters. The number of hydrogen-bond acceptors (Lipinski definition) is 1. The van der Waals surface area contributed by atoms with Crippen molar-refractivity contribution in [1.82, 2.24) is 0 Å². The van der Waals surface area contributed by atoms with Crippen LogP contribution in [0.15, 0.2) is 132 Å². The molecule has 1 aliphatic carbocycles. The van der Waals surface area contributed by atoms with Crippen LogP contribution in [-0.4, -0.2) is 0 Å². The summed E-state index contributed by atoms with van der Waals surface area (Å²) in [7, 11) is 0. The molecule has 184 valence electrons. The quantitative estimate of drug-likeness (QED) is 0.230. The molecule has 6 aromatic rings. The summed E-state index contributed by atoms with van der Waals surface area (Å²) in [5, 5.41) is 0. The van der Waals surface area contributed by atoms with Gasteiger partial charge in [-0.25, -0.2) is 0 Å². The van der Waals surface area contributed by atoms with Gasteiger partial charge in [0.25, 0.3) is 0 Å². The maximum absolute atomic E-state index is 6.93. The summed E-state index contributed by atoms with van der Waals surface area (Å²) in [6.07, 6.45) is 6.44. The Labute approximate surface area is 229 Å². The Hall–Kier alpha value is -5.06. The molecule has 0 radical (unpaired) electrons. The molecule has 1 aliphatic rings. The van der Waals surface area contributed by atoms with Gasteiger partial charge in [0, 0.05) is 33.4 Å². The van der Waals surface area contributed by atoms with Gasteiger partial charge in [0.2, 0.25) is 0 Å². The second-order valence-electron chi connectivity index (χ2n) is 9.84. The molecule has 0 bridgehead atoms. The fraction of sp³-hybridized carbons (Fsp3) is 0.0526. The SMILES string of the molecule is c1cccc(-c2cccc(-c3ccccc3)c2-c2oc(-c3ccc(-c4ccccc4)cc3)c3c2CCC=C3)c#1. The van der Waals surface area contributed by atoms with Crippen LogP contribution in [0.1, 0.15) is 17.5 Å². The lowest BCUT2D eigenvalue weighted by atomic mass is 9.87. The molecule has 0 fully saturated rings. The fourth-order valence-corrected chi connectivity index (χ4v) is 5.58. The first-order valence-corrected chi connectivity index (χ1v) is 13.4. The summed E-state index contributed by atoms with van der Waals surface area (Å²) in [6.45, 7) is 0. The van der Waals surface area contributed by atoms with Crippen LogP contribution in [0.25, 0.3) is 62.1 Å². The Balaban J connectivity index is 1.44. The Kier molecular flexibility index (Phi) is 5.93. The second kappa shape index (κ2) is 10.0. The van der Waals surface area contributed by atoms with Crippen LogP contribution in [0.2, 0.25) is 0 Å². The molecule has 0 amide bonds. The monoisotopic (exact) mass is 498 g/mol. The van der Waals surface area contributed by atoms with Crippen molar-refractivity contribution in [2.75, 3.05) is 0 Å². The first-order valence-electron chi connectivity index (χ1n) is 13.4. The summed E-state index contributed by atoms with van der Waals surface area (Å²) in [4.78, 5) is 0. The Morgan fingerprint density at radius 2 is 1.26 bits per heavy atom. The molecule has 0 saturated heterocycles. The van der Waals surface area contributed by atoms with E-state index < -0.39 is 0 Å². The fourth-order valence-electron chi connectivity index (χ4n) is 5.58. The highest BCUT2D eigenvalue weighted by atomic mass is 16.3. The van der Waals surface area contributed by atoms with Gasteiger partial charge in [0.1, 0.15) is 11.5 Å². The Morgan fingerprint density at radius 1 is 0.564 bits per heavy atom. The van der Waals surface area contributed by atoms with E-state index in [4.69, 9.17) is 4.42 Å². The zero-order valence-corrected chi connectivity index (χ0v) is 21.5. The molecule has 0 aliphatic heterocycles. The minimum atomic E-state index is 0.924. The van der Waals surface area contributed by atoms with E-state index in [1.807, 2.05) is 18.2 Å². The van der Waals surface area contributed by atoms with E-state index in [-0.39, 0.29) is 0 Å². The van der Waals surface area contributed by atoms with E-state index in [0.717, 1.165) is 52.2 Å². The molecular weight excluding hydrogens is 472 g/mol. The third-order valence-corrected chi connectivity index (χ3v) is 7.46. The highest BCUT2D eigenvalue weighted by Crippen LogP contribution is 2.47. The third-order valence-electron chi connectivity index (χ3n) is 7.46. The van der Waals surface area contributed by atoms with Crippen molar-refractivity contribution in [3.8, 4) is 56.0 Å². The molecule has 0 saturated carbocycles. The average Bonchev–Trinajstić information content (AvgIpc) is 3.41. The third kappa shape index (κ3) is 4.27. The number of rotatable bonds is 5. The van der Waals surface area contributed by atoms with Gasteiger partial charge < -0.3 is 4.42 Å². The number of benzene rings is 4. The Bertz CT molecular complexity index is 1700. The van der Waals surface area contributed by atoms with Crippen molar-refractivity contribution in [1.29, 1.82) is 0 Å². The average molecular weight is 499 g/mol. The molecule has 1 heterocycles. The van der Waals surface area contributed by atoms with Gasteiger partial charge in [0.05, 0.1) is 0 Å². The van der Waals surface area contributed by atoms with E-state index >= 15 is 0 Å². The summed E-state index contributed by atoms with van der Waals surface area (Å²) < 4.78 is 6.93. The first-order chi connectivity index (χ1) is 19.4. The van der Waals surface area contributed by atoms with Crippen molar-refractivity contribution < 1.29 is 4.42 Å². The summed E-state index contributed by atoms with van der Waals surface area (Å²) in [5.41, 5.74) is 11.5. The van der Waals surface area contributed by atoms with Gasteiger partial charge in [0.15, 0.2) is 0 Å². The van der Waals surface area contributed by atoms with Gasteiger partial charge >= 0.3 is 0 Å². The van der Waals surface area contributed by atoms with Gasteiger partial charge in [-0.15, -0.1) is 0 Å². The van der Waals surface area contributed by atoms with Gasteiger partial charge in [-0.1, -0.05) is 133 Å². The molecule has 5 aromatic carbocycles. The van der Waals surface area contributed by atoms with Crippen molar-refractivity contribution in [2.24, 2.45) is 0 Å². The molecule has 0 N–H and O–H groups in total. The lowest BCUT2D eigenvalue weighted by Crippen LogP contribution is -1.96. The van der Waals surface area contributed by atoms with Crippen LogP contribution in [0.5, 0.6) is 0 Å². The zero-order valence-electron chi connectivity index (χ0n) is 21.5. The highest BCUT2D eigenvalue weighted by molar-refractivity contribution is 5.95. The largest absolute Gasteiger partial charge is 0.455 e. The summed E-state index contributed by atoms with van der Waals surface area (Å²) >= 11 is 0. The molecular formula is C38H26O. The standard InChI is InChI=1S/C38H26O/c1-4-13-27(14-5-1)28-23-25-31(26-24-28)37-34-19-10-11-20-35(34)38(39-37)36-32(29-15-6-2-7-16-29)21-12-22-33(36)30-17-8-3-9-18-30/h1-8,10,12-17,19,21-26H,11,20H2. The second-order valence-corrected chi connectivity index (χ2v) is 9.84. The number of hydrogen-bond donors (Lipinski definition) is 0. The molecule has 0 spiro atoms. The van der Waals surface area contributed by atoms with Crippen molar-refractivity contribution >= 4 is 6.08 Å². The van der Waals surface area contributed by atoms with E-state index in [1.165, 1.54) is 27.8 Å². The predicted molar refractivity (Wildman–Crippen MR) is 161 cm³/mol. The number of fused-ring (bicyclic) bond motifs is 1. The van der Waals surface area contributed by atoms with E-state index in [0.29, 0.717) is 0 Å². The smallest absolute Gasteiger partial charge is 0.142 e. The van der Waals surface area contributed by atoms with E-state index in [2.05, 4.69) is 127 Å². The van der Waals surface area contributed by atoms with E-state index in [1.54, 1.807) is 0 Å². The van der Waals surface area contributed by atoms with Crippen LogP contribution in [-0.2, 0) is 6.42 Å². The van der Waals surface area contributed by atoms with Gasteiger partial charge in [-0.2, -0.15) is 0 Å². The summed E-state index contributed by atoms with van der Waals surface area (Å²) in [6, 6.07) is 48.8. The minimum Gasteiger partial charge on any atom is -0.455 e. The molecule has 1 heteroatoms. The maximum atomic E-state index is 6.93. The highest BCUT2D eigenvalue weighted by Gasteiger charge is 2.26. The number of allylic oxidation sites excluding steroid dienone is 1. The molecule has 1 nitrogen and oxygen atoms in total. The lowest BCUT2D eigenvalue weighted by molar-refractivity contribution is 0.594. The minimum absolute atomic E-state index is 0.924. The van der Waals surface area contributed by atoms with Crippen molar-refractivity contribution in [3.63, 3.8) is 0 Å². The van der Waals surface area contributed by atoms with Crippen LogP contribution >= 0.6 is 0 Å². The molecule has 1 aromatic heterocycles. The normalized spacial score (nSPS) is 12.1. The molecule has 39 heavy (non-hydrogen) atoms. The molecule has 7 rings (SSSR count). The zero-order chi connectivity index (χ0) is 26.0. The van der Waals surface area contributed by atoms with Crippen molar-refractivity contribution in [2.45, 2.75) is 12.8 Å². The predicted octanol–water partition coefficient (Wildman–Crippen LogP) is 10.2. The van der Waals surface area contributed by atoms with E-state index in [9.17, 15) is 0 Å². The van der Waals surface area contributed by atoms with Gasteiger partial charge in [-0.3, -0.25) is 0 Å².